The van der Waals surface area contributed by atoms with Crippen LogP contribution >= 0.6 is 11.3 Å². The minimum Gasteiger partial charge on any atom is -0.481 e. The van der Waals surface area contributed by atoms with Gasteiger partial charge in [-0.1, -0.05) is 26.0 Å². The van der Waals surface area contributed by atoms with E-state index in [-0.39, 0.29) is 25.3 Å². The van der Waals surface area contributed by atoms with Crippen molar-refractivity contribution in [3.05, 3.63) is 41.3 Å². The van der Waals surface area contributed by atoms with Crippen LogP contribution in [0.4, 0.5) is 10.9 Å². The van der Waals surface area contributed by atoms with Gasteiger partial charge in [0, 0.05) is 18.3 Å². The molecule has 0 spiro atoms. The van der Waals surface area contributed by atoms with Crippen LogP contribution in [0, 0.1) is 5.92 Å². The Bertz CT molecular complexity index is 1170. The third-order valence-corrected chi connectivity index (χ3v) is 5.73. The fraction of sp³-hybridized carbons (Fsp3) is 0.348. The number of para-hydroxylation sites is 2. The number of imidazole rings is 1. The lowest BCUT2D eigenvalue weighted by molar-refractivity contribution is -0.137. The van der Waals surface area contributed by atoms with E-state index in [4.69, 9.17) is 5.11 Å². The Hall–Kier alpha value is -3.93. The molecule has 3 aromatic rings. The molecular formula is C23H28N6O5S. The van der Waals surface area contributed by atoms with Gasteiger partial charge in [-0.15, -0.1) is 11.3 Å². The second-order valence-electron chi connectivity index (χ2n) is 8.30. The monoisotopic (exact) mass is 500 g/mol. The van der Waals surface area contributed by atoms with Crippen molar-refractivity contribution in [3.63, 3.8) is 0 Å². The number of rotatable bonds is 12. The van der Waals surface area contributed by atoms with Gasteiger partial charge in [0.05, 0.1) is 28.1 Å². The number of nitrogens with zero attached hydrogens (tertiary/aromatic N) is 1. The molecule has 6 N–H and O–H groups in total. The fourth-order valence-corrected chi connectivity index (χ4v) is 3.90. The van der Waals surface area contributed by atoms with Crippen molar-refractivity contribution in [2.24, 2.45) is 5.92 Å². The summed E-state index contributed by atoms with van der Waals surface area (Å²) in [5, 5.41) is 22.1. The van der Waals surface area contributed by atoms with E-state index in [1.807, 2.05) is 38.1 Å². The Labute approximate surface area is 205 Å². The van der Waals surface area contributed by atoms with Crippen LogP contribution < -0.4 is 21.3 Å². The standard InChI is InChI=1S/C23H28N6O5S/c1-13(2)10-24-22(34)17(7-8-20(31)32)26-18(30)11-25-21(33)14-9-19(35-12-14)29-23-27-15-5-3-4-6-16(15)28-23/h3-6,9,12-13,17H,7-8,10-11H2,1-2H3,(H,24,34)(H,25,33)(H,26,30)(H,31,32)(H2,27,28,29). The number of anilines is 2. The molecule has 1 unspecified atom stereocenters. The zero-order valence-corrected chi connectivity index (χ0v) is 20.2. The fourth-order valence-electron chi connectivity index (χ4n) is 3.12. The molecule has 12 heteroatoms. The second kappa shape index (κ2) is 12.0. The number of nitrogens with one attached hydrogen (secondary N) is 5. The molecule has 11 nitrogen and oxygen atoms in total. The molecule has 3 amide bonds. The van der Waals surface area contributed by atoms with E-state index < -0.39 is 29.7 Å². The van der Waals surface area contributed by atoms with Crippen molar-refractivity contribution in [1.29, 1.82) is 0 Å². The van der Waals surface area contributed by atoms with Crippen LogP contribution in [0.2, 0.25) is 0 Å². The highest BCUT2D eigenvalue weighted by Crippen LogP contribution is 2.24. The normalized spacial score (nSPS) is 11.7. The number of aliphatic carboxylic acids is 1. The largest absolute Gasteiger partial charge is 0.481 e. The summed E-state index contributed by atoms with van der Waals surface area (Å²) < 4.78 is 0. The molecule has 0 aliphatic heterocycles. The topological polar surface area (TPSA) is 165 Å². The predicted molar refractivity (Wildman–Crippen MR) is 133 cm³/mol. The quantitative estimate of drug-likeness (QED) is 0.222. The van der Waals surface area contributed by atoms with Crippen LogP contribution in [0.5, 0.6) is 0 Å². The SMILES string of the molecule is CC(C)CNC(=O)C(CCC(=O)O)NC(=O)CNC(=O)c1csc(Nc2nc3ccccc3[nH]2)c1. The molecule has 1 atom stereocenters. The number of hydrogen-bond acceptors (Lipinski definition) is 7. The molecule has 35 heavy (non-hydrogen) atoms. The van der Waals surface area contributed by atoms with Gasteiger partial charge in [0.2, 0.25) is 17.8 Å². The maximum absolute atomic E-state index is 12.5. The van der Waals surface area contributed by atoms with Crippen LogP contribution in [0.3, 0.4) is 0 Å². The maximum atomic E-state index is 12.5. The number of carboxylic acids is 1. The molecular weight excluding hydrogens is 472 g/mol. The molecule has 0 aliphatic rings. The van der Waals surface area contributed by atoms with Crippen molar-refractivity contribution in [2.45, 2.75) is 32.7 Å². The summed E-state index contributed by atoms with van der Waals surface area (Å²) >= 11 is 1.31. The van der Waals surface area contributed by atoms with Crippen molar-refractivity contribution in [1.82, 2.24) is 25.9 Å². The molecule has 186 valence electrons. The van der Waals surface area contributed by atoms with Crippen LogP contribution in [0.15, 0.2) is 35.7 Å². The number of fused-ring (bicyclic) bond motifs is 1. The lowest BCUT2D eigenvalue weighted by Crippen LogP contribution is -2.50. The number of carbonyl (C=O) groups is 4. The van der Waals surface area contributed by atoms with Gasteiger partial charge in [-0.25, -0.2) is 4.98 Å². The average molecular weight is 501 g/mol. The molecule has 0 fully saturated rings. The zero-order valence-electron chi connectivity index (χ0n) is 19.4. The molecule has 2 aromatic heterocycles. The molecule has 3 rings (SSSR count). The van der Waals surface area contributed by atoms with E-state index >= 15 is 0 Å². The van der Waals surface area contributed by atoms with Gasteiger partial charge >= 0.3 is 5.97 Å². The summed E-state index contributed by atoms with van der Waals surface area (Å²) in [6.07, 6.45) is -0.331. The highest BCUT2D eigenvalue weighted by Gasteiger charge is 2.22. The second-order valence-corrected chi connectivity index (χ2v) is 9.21. The van der Waals surface area contributed by atoms with E-state index in [1.165, 1.54) is 11.3 Å². The predicted octanol–water partition coefficient (Wildman–Crippen LogP) is 2.22. The van der Waals surface area contributed by atoms with Crippen molar-refractivity contribution >= 4 is 57.0 Å². The number of thiophene rings is 1. The van der Waals surface area contributed by atoms with Gasteiger partial charge in [0.15, 0.2) is 0 Å². The summed E-state index contributed by atoms with van der Waals surface area (Å²) in [6.45, 7) is 3.88. The highest BCUT2D eigenvalue weighted by molar-refractivity contribution is 7.14. The van der Waals surface area contributed by atoms with E-state index in [0.29, 0.717) is 23.1 Å². The summed E-state index contributed by atoms with van der Waals surface area (Å²) in [4.78, 5) is 55.6. The van der Waals surface area contributed by atoms with E-state index in [2.05, 4.69) is 31.2 Å². The molecule has 0 bridgehead atoms. The summed E-state index contributed by atoms with van der Waals surface area (Å²) in [5.74, 6) is -1.84. The molecule has 0 radical (unpaired) electrons. The number of H-pyrrole nitrogens is 1. The Balaban J connectivity index is 1.51. The number of hydrogen-bond donors (Lipinski definition) is 6. The van der Waals surface area contributed by atoms with Crippen LogP contribution in [0.1, 0.15) is 37.0 Å². The molecule has 0 saturated carbocycles. The van der Waals surface area contributed by atoms with Crippen LogP contribution in [0.25, 0.3) is 11.0 Å². The number of aromatic nitrogens is 2. The van der Waals surface area contributed by atoms with Gasteiger partial charge in [-0.05, 0) is 30.5 Å². The van der Waals surface area contributed by atoms with Crippen molar-refractivity contribution < 1.29 is 24.3 Å². The van der Waals surface area contributed by atoms with E-state index in [0.717, 1.165) is 11.0 Å². The van der Waals surface area contributed by atoms with Crippen molar-refractivity contribution in [2.75, 3.05) is 18.4 Å². The minimum atomic E-state index is -1.07. The molecule has 0 saturated heterocycles. The van der Waals surface area contributed by atoms with E-state index in [9.17, 15) is 19.2 Å². The summed E-state index contributed by atoms with van der Waals surface area (Å²) in [6, 6.07) is 8.22. The van der Waals surface area contributed by atoms with Gasteiger partial charge in [0.25, 0.3) is 5.91 Å². The Morgan fingerprint density at radius 1 is 1.14 bits per heavy atom. The number of carbonyl (C=O) groups excluding carboxylic acids is 3. The first-order valence-corrected chi connectivity index (χ1v) is 12.0. The Kier molecular flexibility index (Phi) is 8.79. The van der Waals surface area contributed by atoms with Gasteiger partial charge < -0.3 is 31.4 Å². The Morgan fingerprint density at radius 2 is 1.91 bits per heavy atom. The number of amides is 3. The lowest BCUT2D eigenvalue weighted by Gasteiger charge is -2.18. The van der Waals surface area contributed by atoms with Crippen molar-refractivity contribution in [3.8, 4) is 0 Å². The Morgan fingerprint density at radius 3 is 2.63 bits per heavy atom. The minimum absolute atomic E-state index is 0.0553. The van der Waals surface area contributed by atoms with Gasteiger partial charge in [-0.2, -0.15) is 0 Å². The lowest BCUT2D eigenvalue weighted by atomic mass is 10.1. The van der Waals surface area contributed by atoms with E-state index in [1.54, 1.807) is 11.4 Å². The van der Waals surface area contributed by atoms with Crippen LogP contribution in [-0.2, 0) is 14.4 Å². The number of benzene rings is 1. The highest BCUT2D eigenvalue weighted by atomic mass is 32.1. The first-order valence-electron chi connectivity index (χ1n) is 11.1. The number of carboxylic acid groups (broad SMARTS) is 1. The third kappa shape index (κ3) is 7.81. The third-order valence-electron chi connectivity index (χ3n) is 4.89. The van der Waals surface area contributed by atoms with Crippen LogP contribution in [-0.4, -0.2) is 57.9 Å². The number of aromatic amines is 1. The first-order chi connectivity index (χ1) is 16.7. The smallest absolute Gasteiger partial charge is 0.303 e. The molecule has 1 aromatic carbocycles. The molecule has 0 aliphatic carbocycles. The van der Waals surface area contributed by atoms with Gasteiger partial charge in [0.1, 0.15) is 6.04 Å². The van der Waals surface area contributed by atoms with Gasteiger partial charge in [-0.3, -0.25) is 19.2 Å². The molecule has 2 heterocycles. The summed E-state index contributed by atoms with van der Waals surface area (Å²) in [7, 11) is 0. The summed E-state index contributed by atoms with van der Waals surface area (Å²) in [5.41, 5.74) is 2.06. The maximum Gasteiger partial charge on any atom is 0.303 e. The average Bonchev–Trinajstić information content (AvgIpc) is 3.45. The first kappa shape index (κ1) is 25.7. The zero-order chi connectivity index (χ0) is 25.4.